The Bertz CT molecular complexity index is 961. The summed E-state index contributed by atoms with van der Waals surface area (Å²) >= 11 is 0. The quantitative estimate of drug-likeness (QED) is 0.882. The SMILES string of the molecule is O=C(Nc1cccc(F)c1)[C@@H]1CCC(=O)N1S(=O)(=O)c1ccc(F)cc1. The van der Waals surface area contributed by atoms with E-state index in [0.29, 0.717) is 4.31 Å². The summed E-state index contributed by atoms with van der Waals surface area (Å²) < 4.78 is 52.2. The molecule has 0 aromatic heterocycles. The van der Waals surface area contributed by atoms with Crippen molar-refractivity contribution in [1.82, 2.24) is 4.31 Å². The summed E-state index contributed by atoms with van der Waals surface area (Å²) in [5.41, 5.74) is 0.147. The number of benzene rings is 2. The Morgan fingerprint density at radius 3 is 2.42 bits per heavy atom. The number of carbonyl (C=O) groups excluding carboxylic acids is 2. The molecule has 1 atom stereocenters. The Labute approximate surface area is 148 Å². The molecule has 1 heterocycles. The minimum absolute atomic E-state index is 0.000404. The van der Waals surface area contributed by atoms with Crippen LogP contribution < -0.4 is 5.32 Å². The van der Waals surface area contributed by atoms with Crippen LogP contribution in [-0.2, 0) is 19.6 Å². The molecule has 1 aliphatic heterocycles. The first-order valence-electron chi connectivity index (χ1n) is 7.68. The average Bonchev–Trinajstić information content (AvgIpc) is 2.98. The molecular weight excluding hydrogens is 366 g/mol. The third-order valence-corrected chi connectivity index (χ3v) is 5.77. The lowest BCUT2D eigenvalue weighted by atomic mass is 10.2. The third-order valence-electron chi connectivity index (χ3n) is 3.93. The van der Waals surface area contributed by atoms with E-state index >= 15 is 0 Å². The van der Waals surface area contributed by atoms with Gasteiger partial charge in [0.2, 0.25) is 11.8 Å². The first-order chi connectivity index (χ1) is 12.3. The highest BCUT2D eigenvalue weighted by molar-refractivity contribution is 7.89. The standard InChI is InChI=1S/C17H14F2N2O4S/c18-11-4-6-14(7-5-11)26(24,25)21-15(8-9-16(21)22)17(23)20-13-3-1-2-12(19)10-13/h1-7,10,15H,8-9H2,(H,20,23)/t15-/m0/s1. The van der Waals surface area contributed by atoms with E-state index in [-0.39, 0.29) is 23.4 Å². The van der Waals surface area contributed by atoms with Crippen LogP contribution in [0.1, 0.15) is 12.8 Å². The van der Waals surface area contributed by atoms with Crippen molar-refractivity contribution < 1.29 is 26.8 Å². The van der Waals surface area contributed by atoms with Gasteiger partial charge < -0.3 is 5.32 Å². The lowest BCUT2D eigenvalue weighted by Gasteiger charge is -2.23. The van der Waals surface area contributed by atoms with E-state index in [4.69, 9.17) is 0 Å². The van der Waals surface area contributed by atoms with Gasteiger partial charge in [-0.1, -0.05) is 6.07 Å². The summed E-state index contributed by atoms with van der Waals surface area (Å²) in [7, 11) is -4.32. The van der Waals surface area contributed by atoms with E-state index in [1.165, 1.54) is 18.2 Å². The molecule has 0 spiro atoms. The molecule has 136 valence electrons. The van der Waals surface area contributed by atoms with Gasteiger partial charge in [-0.2, -0.15) is 0 Å². The number of sulfonamides is 1. The van der Waals surface area contributed by atoms with E-state index in [2.05, 4.69) is 5.32 Å². The molecule has 0 unspecified atom stereocenters. The monoisotopic (exact) mass is 380 g/mol. The number of hydrogen-bond donors (Lipinski definition) is 1. The first kappa shape index (κ1) is 18.0. The van der Waals surface area contributed by atoms with Gasteiger partial charge in [-0.25, -0.2) is 21.5 Å². The van der Waals surface area contributed by atoms with Gasteiger partial charge in [0.15, 0.2) is 0 Å². The minimum atomic E-state index is -4.32. The molecule has 26 heavy (non-hydrogen) atoms. The molecular formula is C17H14F2N2O4S. The highest BCUT2D eigenvalue weighted by atomic mass is 32.2. The summed E-state index contributed by atoms with van der Waals surface area (Å²) in [6.45, 7) is 0. The van der Waals surface area contributed by atoms with E-state index < -0.39 is 39.5 Å². The summed E-state index contributed by atoms with van der Waals surface area (Å²) in [6.07, 6.45) is -0.123. The van der Waals surface area contributed by atoms with Gasteiger partial charge >= 0.3 is 0 Å². The molecule has 3 rings (SSSR count). The number of hydrogen-bond acceptors (Lipinski definition) is 4. The normalized spacial score (nSPS) is 17.4. The number of carbonyl (C=O) groups is 2. The predicted molar refractivity (Wildman–Crippen MR) is 88.5 cm³/mol. The van der Waals surface area contributed by atoms with E-state index in [9.17, 15) is 26.8 Å². The summed E-state index contributed by atoms with van der Waals surface area (Å²) in [5, 5.41) is 2.41. The maximum Gasteiger partial charge on any atom is 0.267 e. The number of amides is 2. The molecule has 1 aliphatic rings. The molecule has 0 bridgehead atoms. The topological polar surface area (TPSA) is 83.6 Å². The molecule has 0 saturated carbocycles. The Balaban J connectivity index is 1.88. The fraction of sp³-hybridized carbons (Fsp3) is 0.176. The van der Waals surface area contributed by atoms with Crippen LogP contribution in [0.15, 0.2) is 53.4 Å². The molecule has 0 radical (unpaired) electrons. The van der Waals surface area contributed by atoms with Crippen LogP contribution in [0.3, 0.4) is 0 Å². The van der Waals surface area contributed by atoms with Gasteiger partial charge in [-0.05, 0) is 48.9 Å². The molecule has 6 nitrogen and oxygen atoms in total. The van der Waals surface area contributed by atoms with Crippen molar-refractivity contribution in [2.24, 2.45) is 0 Å². The van der Waals surface area contributed by atoms with Crippen LogP contribution in [0.5, 0.6) is 0 Å². The molecule has 2 aromatic rings. The number of nitrogens with one attached hydrogen (secondary N) is 1. The third kappa shape index (κ3) is 3.43. The van der Waals surface area contributed by atoms with Gasteiger partial charge in [-0.15, -0.1) is 0 Å². The zero-order valence-electron chi connectivity index (χ0n) is 13.4. The van der Waals surface area contributed by atoms with Crippen molar-refractivity contribution in [3.05, 3.63) is 60.2 Å². The second-order valence-electron chi connectivity index (χ2n) is 5.70. The maximum atomic E-state index is 13.2. The van der Waals surface area contributed by atoms with E-state index in [0.717, 1.165) is 30.3 Å². The number of nitrogens with zero attached hydrogens (tertiary/aromatic N) is 1. The number of anilines is 1. The van der Waals surface area contributed by atoms with Crippen LogP contribution >= 0.6 is 0 Å². The Morgan fingerprint density at radius 1 is 1.08 bits per heavy atom. The van der Waals surface area contributed by atoms with Crippen molar-refractivity contribution >= 4 is 27.5 Å². The fourth-order valence-electron chi connectivity index (χ4n) is 2.71. The zero-order valence-corrected chi connectivity index (χ0v) is 14.2. The molecule has 1 fully saturated rings. The van der Waals surface area contributed by atoms with E-state index in [1.807, 2.05) is 0 Å². The first-order valence-corrected chi connectivity index (χ1v) is 9.12. The van der Waals surface area contributed by atoms with Crippen LogP contribution in [-0.4, -0.2) is 30.6 Å². The fourth-order valence-corrected chi connectivity index (χ4v) is 4.32. The minimum Gasteiger partial charge on any atom is -0.324 e. The Hall–Kier alpha value is -2.81. The van der Waals surface area contributed by atoms with Gasteiger partial charge in [0.05, 0.1) is 4.90 Å². The van der Waals surface area contributed by atoms with Gasteiger partial charge in [0.25, 0.3) is 10.0 Å². The van der Waals surface area contributed by atoms with Gasteiger partial charge in [-0.3, -0.25) is 9.59 Å². The van der Waals surface area contributed by atoms with E-state index in [1.54, 1.807) is 0 Å². The second kappa shape index (κ2) is 6.83. The highest BCUT2D eigenvalue weighted by Crippen LogP contribution is 2.28. The summed E-state index contributed by atoms with van der Waals surface area (Å²) in [6, 6.07) is 7.79. The molecule has 0 aliphatic carbocycles. The van der Waals surface area contributed by atoms with Crippen molar-refractivity contribution in [2.45, 2.75) is 23.8 Å². The van der Waals surface area contributed by atoms with Crippen molar-refractivity contribution in [1.29, 1.82) is 0 Å². The van der Waals surface area contributed by atoms with Crippen LogP contribution in [0, 0.1) is 11.6 Å². The second-order valence-corrected chi connectivity index (χ2v) is 7.52. The lowest BCUT2D eigenvalue weighted by molar-refractivity contribution is -0.128. The number of rotatable bonds is 4. The molecule has 9 heteroatoms. The zero-order chi connectivity index (χ0) is 18.9. The number of halogens is 2. The average molecular weight is 380 g/mol. The van der Waals surface area contributed by atoms with Crippen LogP contribution in [0.25, 0.3) is 0 Å². The smallest absolute Gasteiger partial charge is 0.267 e. The largest absolute Gasteiger partial charge is 0.324 e. The van der Waals surface area contributed by atoms with Crippen LogP contribution in [0.4, 0.5) is 14.5 Å². The lowest BCUT2D eigenvalue weighted by Crippen LogP contribution is -2.45. The van der Waals surface area contributed by atoms with Gasteiger partial charge in [0.1, 0.15) is 17.7 Å². The van der Waals surface area contributed by atoms with Crippen molar-refractivity contribution in [2.75, 3.05) is 5.32 Å². The molecule has 2 amide bonds. The highest BCUT2D eigenvalue weighted by Gasteiger charge is 2.44. The van der Waals surface area contributed by atoms with Crippen LogP contribution in [0.2, 0.25) is 0 Å². The van der Waals surface area contributed by atoms with Crippen molar-refractivity contribution in [3.8, 4) is 0 Å². The summed E-state index contributed by atoms with van der Waals surface area (Å²) in [4.78, 5) is 24.3. The van der Waals surface area contributed by atoms with Crippen molar-refractivity contribution in [3.63, 3.8) is 0 Å². The maximum absolute atomic E-state index is 13.2. The summed E-state index contributed by atoms with van der Waals surface area (Å²) in [5.74, 6) is -2.67. The molecule has 1 saturated heterocycles. The van der Waals surface area contributed by atoms with Gasteiger partial charge in [0, 0.05) is 12.1 Å². The Kier molecular flexibility index (Phi) is 4.73. The molecule has 2 aromatic carbocycles. The Morgan fingerprint density at radius 2 is 1.77 bits per heavy atom. The predicted octanol–water partition coefficient (Wildman–Crippen LogP) is 2.28. The molecule has 1 N–H and O–H groups in total.